The van der Waals surface area contributed by atoms with Crippen molar-refractivity contribution < 1.29 is 19.0 Å². The van der Waals surface area contributed by atoms with Gasteiger partial charge in [-0.1, -0.05) is 64.9 Å². The summed E-state index contributed by atoms with van der Waals surface area (Å²) in [6.07, 6.45) is 1.63. The molecule has 0 saturated carbocycles. The van der Waals surface area contributed by atoms with E-state index in [1.165, 1.54) is 11.3 Å². The Morgan fingerprint density at radius 1 is 1.11 bits per heavy atom. The number of ether oxygens (including phenoxy) is 3. The number of esters is 1. The average Bonchev–Trinajstić information content (AvgIpc) is 3.26. The van der Waals surface area contributed by atoms with Crippen molar-refractivity contribution in [3.8, 4) is 11.5 Å². The number of halogens is 3. The van der Waals surface area contributed by atoms with Crippen molar-refractivity contribution in [2.24, 2.45) is 4.99 Å². The van der Waals surface area contributed by atoms with E-state index < -0.39 is 12.0 Å². The second kappa shape index (κ2) is 13.9. The standard InChI is InChI=1S/C33H29Cl2IN2O5S/c1-5-41-32(40)28-19(4)37-33-38(29(28)24-8-6-7-9-26(24)43-18(2)3)31(39)27(44-33)15-21-14-23(35)16-25(36)30(21)42-17-20-10-12-22(34)13-11-20/h6-16,18,29H,5,17H2,1-4H3/b27-15-/t29-/m0/s1. The average molecular weight is 763 g/mol. The Balaban J connectivity index is 1.67. The Morgan fingerprint density at radius 3 is 2.55 bits per heavy atom. The van der Waals surface area contributed by atoms with E-state index in [4.69, 9.17) is 42.4 Å². The maximum absolute atomic E-state index is 14.2. The van der Waals surface area contributed by atoms with Gasteiger partial charge in [0, 0.05) is 21.2 Å². The molecule has 7 nitrogen and oxygen atoms in total. The summed E-state index contributed by atoms with van der Waals surface area (Å²) in [6.45, 7) is 7.83. The minimum absolute atomic E-state index is 0.125. The second-order valence-electron chi connectivity index (χ2n) is 10.2. The third kappa shape index (κ3) is 6.91. The van der Waals surface area contributed by atoms with Crippen LogP contribution in [0.25, 0.3) is 6.08 Å². The first-order valence-corrected chi connectivity index (χ1v) is 16.5. The lowest BCUT2D eigenvalue weighted by atomic mass is 9.95. The first-order chi connectivity index (χ1) is 21.1. The van der Waals surface area contributed by atoms with Gasteiger partial charge in [0.1, 0.15) is 24.1 Å². The van der Waals surface area contributed by atoms with Gasteiger partial charge in [-0.2, -0.15) is 0 Å². The van der Waals surface area contributed by atoms with Crippen LogP contribution in [0.15, 0.2) is 81.7 Å². The Morgan fingerprint density at radius 2 is 1.84 bits per heavy atom. The second-order valence-corrected chi connectivity index (χ2v) is 13.3. The number of fused-ring (bicyclic) bond motifs is 1. The summed E-state index contributed by atoms with van der Waals surface area (Å²) in [7, 11) is 0. The van der Waals surface area contributed by atoms with Crippen LogP contribution in [0.1, 0.15) is 50.4 Å². The minimum atomic E-state index is -0.803. The molecule has 0 unspecified atom stereocenters. The lowest BCUT2D eigenvalue weighted by Crippen LogP contribution is -2.40. The molecule has 11 heteroatoms. The van der Waals surface area contributed by atoms with E-state index in [0.717, 1.165) is 9.13 Å². The number of allylic oxidation sites excluding steroid dienone is 1. The molecular weight excluding hydrogens is 734 g/mol. The number of nitrogens with zero attached hydrogens (tertiary/aromatic N) is 2. The first kappa shape index (κ1) is 32.3. The highest BCUT2D eigenvalue weighted by Crippen LogP contribution is 2.36. The fourth-order valence-corrected chi connectivity index (χ4v) is 7.25. The normalized spacial score (nSPS) is 14.8. The molecule has 0 spiro atoms. The van der Waals surface area contributed by atoms with Crippen LogP contribution < -0.4 is 24.4 Å². The molecule has 1 atom stereocenters. The number of benzene rings is 3. The van der Waals surface area contributed by atoms with Crippen molar-refractivity contribution in [1.82, 2.24) is 4.57 Å². The maximum Gasteiger partial charge on any atom is 0.338 e. The highest BCUT2D eigenvalue weighted by molar-refractivity contribution is 14.1. The summed E-state index contributed by atoms with van der Waals surface area (Å²) in [5, 5.41) is 1.15. The number of hydrogen-bond acceptors (Lipinski definition) is 7. The Hall–Kier alpha value is -3.12. The van der Waals surface area contributed by atoms with Crippen molar-refractivity contribution in [2.45, 2.75) is 46.4 Å². The number of hydrogen-bond donors (Lipinski definition) is 0. The molecule has 3 aromatic carbocycles. The van der Waals surface area contributed by atoms with Gasteiger partial charge in [-0.3, -0.25) is 9.36 Å². The summed E-state index contributed by atoms with van der Waals surface area (Å²) in [5.74, 6) is 0.627. The number of carbonyl (C=O) groups is 1. The van der Waals surface area contributed by atoms with Crippen LogP contribution in [-0.4, -0.2) is 23.2 Å². The molecule has 5 rings (SSSR count). The van der Waals surface area contributed by atoms with Crippen molar-refractivity contribution in [1.29, 1.82) is 0 Å². The highest BCUT2D eigenvalue weighted by atomic mass is 127. The number of thiazole rings is 1. The van der Waals surface area contributed by atoms with Crippen molar-refractivity contribution >= 4 is 69.2 Å². The van der Waals surface area contributed by atoms with E-state index >= 15 is 0 Å². The molecule has 0 radical (unpaired) electrons. The first-order valence-electron chi connectivity index (χ1n) is 13.9. The predicted octanol–water partition coefficient (Wildman–Crippen LogP) is 7.08. The summed E-state index contributed by atoms with van der Waals surface area (Å²) in [5.41, 5.74) is 2.69. The lowest BCUT2D eigenvalue weighted by molar-refractivity contribution is -0.139. The molecule has 0 bridgehead atoms. The van der Waals surface area contributed by atoms with E-state index in [2.05, 4.69) is 22.6 Å². The summed E-state index contributed by atoms with van der Waals surface area (Å²) in [6, 6.07) is 17.6. The van der Waals surface area contributed by atoms with Crippen LogP contribution in [0.3, 0.4) is 0 Å². The Labute approximate surface area is 282 Å². The van der Waals surface area contributed by atoms with Crippen LogP contribution in [-0.2, 0) is 16.1 Å². The SMILES string of the molecule is CCOC(=O)C1=C(C)N=c2s/c(=C\c3cc(Cl)cc(I)c3OCc3ccc(Cl)cc3)c(=O)n2[C@H]1c1ccccc1OC(C)C. The van der Waals surface area contributed by atoms with Gasteiger partial charge in [0.05, 0.1) is 32.1 Å². The van der Waals surface area contributed by atoms with Crippen LogP contribution in [0.5, 0.6) is 11.5 Å². The summed E-state index contributed by atoms with van der Waals surface area (Å²) >= 11 is 15.9. The maximum atomic E-state index is 14.2. The molecule has 0 aliphatic carbocycles. The summed E-state index contributed by atoms with van der Waals surface area (Å²) < 4.78 is 20.6. The van der Waals surface area contributed by atoms with E-state index in [1.54, 1.807) is 36.6 Å². The van der Waals surface area contributed by atoms with Gasteiger partial charge < -0.3 is 14.2 Å². The van der Waals surface area contributed by atoms with Crippen molar-refractivity contribution in [3.63, 3.8) is 0 Å². The zero-order valence-corrected chi connectivity index (χ0v) is 28.9. The monoisotopic (exact) mass is 762 g/mol. The van der Waals surface area contributed by atoms with Crippen molar-refractivity contribution in [3.05, 3.63) is 122 Å². The van der Waals surface area contributed by atoms with E-state index in [-0.39, 0.29) is 23.8 Å². The molecule has 1 aliphatic rings. The largest absolute Gasteiger partial charge is 0.491 e. The van der Waals surface area contributed by atoms with Crippen LogP contribution in [0, 0.1) is 3.57 Å². The molecule has 0 saturated heterocycles. The van der Waals surface area contributed by atoms with Gasteiger partial charge in [0.15, 0.2) is 4.80 Å². The van der Waals surface area contributed by atoms with E-state index in [9.17, 15) is 9.59 Å². The van der Waals surface area contributed by atoms with Gasteiger partial charge in [0.2, 0.25) is 0 Å². The van der Waals surface area contributed by atoms with Crippen LogP contribution in [0.4, 0.5) is 0 Å². The fourth-order valence-electron chi connectivity index (χ4n) is 4.87. The molecule has 2 heterocycles. The zero-order chi connectivity index (χ0) is 31.5. The quantitative estimate of drug-likeness (QED) is 0.135. The minimum Gasteiger partial charge on any atom is -0.491 e. The number of rotatable bonds is 9. The molecule has 1 aliphatic heterocycles. The van der Waals surface area contributed by atoms with E-state index in [1.807, 2.05) is 62.4 Å². The Bertz CT molecular complexity index is 1930. The molecule has 0 N–H and O–H groups in total. The molecular formula is C33H29Cl2IN2O5S. The number of para-hydroxylation sites is 1. The lowest BCUT2D eigenvalue weighted by Gasteiger charge is -2.26. The highest BCUT2D eigenvalue weighted by Gasteiger charge is 2.35. The molecule has 44 heavy (non-hydrogen) atoms. The van der Waals surface area contributed by atoms with Crippen molar-refractivity contribution in [2.75, 3.05) is 6.61 Å². The fraction of sp³-hybridized carbons (Fsp3) is 0.242. The molecule has 1 aromatic heterocycles. The smallest absolute Gasteiger partial charge is 0.338 e. The molecule has 4 aromatic rings. The number of carbonyl (C=O) groups excluding carboxylic acids is 1. The van der Waals surface area contributed by atoms with Gasteiger partial charge >= 0.3 is 5.97 Å². The van der Waals surface area contributed by atoms with Gasteiger partial charge in [-0.15, -0.1) is 0 Å². The topological polar surface area (TPSA) is 79.1 Å². The Kier molecular flexibility index (Phi) is 10.2. The predicted molar refractivity (Wildman–Crippen MR) is 183 cm³/mol. The third-order valence-electron chi connectivity index (χ3n) is 6.71. The molecule has 228 valence electrons. The van der Waals surface area contributed by atoms with Gasteiger partial charge in [0.25, 0.3) is 5.56 Å². The van der Waals surface area contributed by atoms with Gasteiger partial charge in [-0.25, -0.2) is 9.79 Å². The zero-order valence-electron chi connectivity index (χ0n) is 24.4. The van der Waals surface area contributed by atoms with Crippen LogP contribution >= 0.6 is 57.1 Å². The van der Waals surface area contributed by atoms with Crippen LogP contribution in [0.2, 0.25) is 10.0 Å². The van der Waals surface area contributed by atoms with Gasteiger partial charge in [-0.05, 0) is 92.3 Å². The number of aromatic nitrogens is 1. The third-order valence-corrected chi connectivity index (χ3v) is 8.97. The van der Waals surface area contributed by atoms with E-state index in [0.29, 0.717) is 54.3 Å². The summed E-state index contributed by atoms with van der Waals surface area (Å²) in [4.78, 5) is 32.7. The molecule has 0 fully saturated rings. The molecule has 0 amide bonds.